The molecule has 2 N–H and O–H groups in total. The molecule has 96 valence electrons. The molecule has 2 aromatic carbocycles. The van der Waals surface area contributed by atoms with E-state index < -0.39 is 0 Å². The van der Waals surface area contributed by atoms with Gasteiger partial charge < -0.3 is 10.4 Å². The van der Waals surface area contributed by atoms with E-state index in [-0.39, 0.29) is 11.8 Å². The van der Waals surface area contributed by atoms with E-state index in [0.717, 1.165) is 15.7 Å². The molecule has 0 saturated carbocycles. The average Bonchev–Trinajstić information content (AvgIpc) is 2.39. The van der Waals surface area contributed by atoms with E-state index in [1.165, 1.54) is 0 Å². The van der Waals surface area contributed by atoms with Crippen LogP contribution in [0.2, 0.25) is 0 Å². The molecule has 0 aliphatic rings. The van der Waals surface area contributed by atoms with Crippen LogP contribution in [0.15, 0.2) is 46.9 Å². The van der Waals surface area contributed by atoms with Gasteiger partial charge in [0.25, 0.3) is 0 Å². The number of aromatic hydroxyl groups is 1. The quantitative estimate of drug-likeness (QED) is 0.892. The first-order valence-electron chi connectivity index (χ1n) is 5.85. The van der Waals surface area contributed by atoms with Gasteiger partial charge in [0.2, 0.25) is 0 Å². The fourth-order valence-electron chi connectivity index (χ4n) is 1.81. The summed E-state index contributed by atoms with van der Waals surface area (Å²) in [5.41, 5.74) is 2.44. The van der Waals surface area contributed by atoms with E-state index in [9.17, 15) is 5.11 Å². The van der Waals surface area contributed by atoms with Crippen LogP contribution >= 0.6 is 15.9 Å². The van der Waals surface area contributed by atoms with Gasteiger partial charge in [-0.3, -0.25) is 0 Å². The van der Waals surface area contributed by atoms with Crippen molar-refractivity contribution < 1.29 is 5.11 Å². The van der Waals surface area contributed by atoms with Crippen LogP contribution in [0, 0.1) is 11.3 Å². The van der Waals surface area contributed by atoms with Gasteiger partial charge in [0.1, 0.15) is 11.8 Å². The minimum absolute atomic E-state index is 0.0435. The topological polar surface area (TPSA) is 56.0 Å². The Labute approximate surface area is 120 Å². The third kappa shape index (κ3) is 3.27. The second-order valence-electron chi connectivity index (χ2n) is 4.26. The number of halogens is 1. The zero-order valence-electron chi connectivity index (χ0n) is 10.4. The van der Waals surface area contributed by atoms with Crippen LogP contribution in [-0.4, -0.2) is 5.11 Å². The lowest BCUT2D eigenvalue weighted by Gasteiger charge is -2.17. The Kier molecular flexibility index (Phi) is 4.08. The lowest BCUT2D eigenvalue weighted by Crippen LogP contribution is -2.07. The zero-order chi connectivity index (χ0) is 13.8. The fraction of sp³-hybridized carbons (Fsp3) is 0.133. The van der Waals surface area contributed by atoms with Crippen molar-refractivity contribution in [1.29, 1.82) is 5.26 Å². The Morgan fingerprint density at radius 1 is 1.21 bits per heavy atom. The standard InChI is InChI=1S/C15H13BrN2O/c1-10(11-3-6-14(19)7-4-11)18-15-8-13(16)5-2-12(15)9-17/h2-8,10,18-19H,1H3. The van der Waals surface area contributed by atoms with Gasteiger partial charge in [0.15, 0.2) is 0 Å². The van der Waals surface area contributed by atoms with E-state index in [0.29, 0.717) is 5.56 Å². The van der Waals surface area contributed by atoms with Gasteiger partial charge in [0.05, 0.1) is 11.3 Å². The molecular weight excluding hydrogens is 304 g/mol. The number of phenols is 1. The van der Waals surface area contributed by atoms with Crippen molar-refractivity contribution in [2.45, 2.75) is 13.0 Å². The minimum Gasteiger partial charge on any atom is -0.508 e. The third-order valence-electron chi connectivity index (χ3n) is 2.87. The molecule has 0 aromatic heterocycles. The van der Waals surface area contributed by atoms with Crippen LogP contribution in [0.1, 0.15) is 24.1 Å². The van der Waals surface area contributed by atoms with Crippen molar-refractivity contribution in [3.8, 4) is 11.8 Å². The number of anilines is 1. The van der Waals surface area contributed by atoms with E-state index in [4.69, 9.17) is 5.26 Å². The molecule has 0 amide bonds. The number of nitrogens with one attached hydrogen (secondary N) is 1. The maximum atomic E-state index is 9.28. The number of nitrogens with zero attached hydrogens (tertiary/aromatic N) is 1. The highest BCUT2D eigenvalue weighted by atomic mass is 79.9. The first kappa shape index (κ1) is 13.4. The molecule has 2 aromatic rings. The lowest BCUT2D eigenvalue weighted by atomic mass is 10.1. The van der Waals surface area contributed by atoms with Gasteiger partial charge in [-0.05, 0) is 42.8 Å². The number of benzene rings is 2. The van der Waals surface area contributed by atoms with Crippen LogP contribution in [0.4, 0.5) is 5.69 Å². The molecule has 1 unspecified atom stereocenters. The summed E-state index contributed by atoms with van der Waals surface area (Å²) >= 11 is 3.40. The molecule has 0 aliphatic heterocycles. The zero-order valence-corrected chi connectivity index (χ0v) is 12.0. The maximum Gasteiger partial charge on any atom is 0.115 e. The summed E-state index contributed by atoms with van der Waals surface area (Å²) in [7, 11) is 0. The lowest BCUT2D eigenvalue weighted by molar-refractivity contribution is 0.475. The van der Waals surface area contributed by atoms with E-state index >= 15 is 0 Å². The van der Waals surface area contributed by atoms with E-state index in [1.807, 2.05) is 31.2 Å². The predicted molar refractivity (Wildman–Crippen MR) is 79.0 cm³/mol. The number of phenolic OH excluding ortho intramolecular Hbond substituents is 1. The summed E-state index contributed by atoms with van der Waals surface area (Å²) in [6, 6.07) is 14.7. The minimum atomic E-state index is 0.0435. The number of nitriles is 1. The van der Waals surface area contributed by atoms with Crippen LogP contribution in [0.3, 0.4) is 0 Å². The molecule has 2 rings (SSSR count). The van der Waals surface area contributed by atoms with Crippen LogP contribution < -0.4 is 5.32 Å². The Bertz CT molecular complexity index is 617. The van der Waals surface area contributed by atoms with Gasteiger partial charge >= 0.3 is 0 Å². The van der Waals surface area contributed by atoms with Crippen molar-refractivity contribution >= 4 is 21.6 Å². The number of rotatable bonds is 3. The second kappa shape index (κ2) is 5.77. The van der Waals surface area contributed by atoms with Crippen molar-refractivity contribution in [1.82, 2.24) is 0 Å². The largest absolute Gasteiger partial charge is 0.508 e. The summed E-state index contributed by atoms with van der Waals surface area (Å²) in [6.07, 6.45) is 0. The molecule has 0 aliphatic carbocycles. The summed E-state index contributed by atoms with van der Waals surface area (Å²) in [5.74, 6) is 0.246. The van der Waals surface area contributed by atoms with Crippen molar-refractivity contribution in [2.75, 3.05) is 5.32 Å². The van der Waals surface area contributed by atoms with Gasteiger partial charge in [-0.2, -0.15) is 5.26 Å². The Balaban J connectivity index is 2.23. The van der Waals surface area contributed by atoms with Gasteiger partial charge in [-0.25, -0.2) is 0 Å². The highest BCUT2D eigenvalue weighted by Crippen LogP contribution is 2.26. The van der Waals surface area contributed by atoms with E-state index in [2.05, 4.69) is 27.3 Å². The molecule has 0 bridgehead atoms. The molecule has 0 heterocycles. The molecule has 3 nitrogen and oxygen atoms in total. The average molecular weight is 317 g/mol. The second-order valence-corrected chi connectivity index (χ2v) is 5.17. The number of hydrogen-bond donors (Lipinski definition) is 2. The smallest absolute Gasteiger partial charge is 0.115 e. The van der Waals surface area contributed by atoms with Gasteiger partial charge in [-0.1, -0.05) is 28.1 Å². The molecule has 0 spiro atoms. The first-order chi connectivity index (χ1) is 9.10. The van der Waals surface area contributed by atoms with Gasteiger partial charge in [-0.15, -0.1) is 0 Å². The van der Waals surface area contributed by atoms with E-state index in [1.54, 1.807) is 18.2 Å². The summed E-state index contributed by atoms with van der Waals surface area (Å²) in [6.45, 7) is 2.01. The monoisotopic (exact) mass is 316 g/mol. The predicted octanol–water partition coefficient (Wildman–Crippen LogP) is 4.20. The Morgan fingerprint density at radius 3 is 2.53 bits per heavy atom. The summed E-state index contributed by atoms with van der Waals surface area (Å²) in [5, 5.41) is 21.7. The Hall–Kier alpha value is -1.99. The summed E-state index contributed by atoms with van der Waals surface area (Å²) < 4.78 is 0.923. The molecule has 0 radical (unpaired) electrons. The molecule has 1 atom stereocenters. The highest BCUT2D eigenvalue weighted by Gasteiger charge is 2.09. The molecule has 19 heavy (non-hydrogen) atoms. The van der Waals surface area contributed by atoms with Crippen LogP contribution in [-0.2, 0) is 0 Å². The molecule has 0 saturated heterocycles. The summed E-state index contributed by atoms with van der Waals surface area (Å²) in [4.78, 5) is 0. The maximum absolute atomic E-state index is 9.28. The third-order valence-corrected chi connectivity index (χ3v) is 3.36. The molecule has 4 heteroatoms. The van der Waals surface area contributed by atoms with Crippen LogP contribution in [0.25, 0.3) is 0 Å². The van der Waals surface area contributed by atoms with Crippen molar-refractivity contribution in [3.63, 3.8) is 0 Å². The molecule has 0 fully saturated rings. The fourth-order valence-corrected chi connectivity index (χ4v) is 2.17. The normalized spacial score (nSPS) is 11.6. The first-order valence-corrected chi connectivity index (χ1v) is 6.64. The Morgan fingerprint density at radius 2 is 1.89 bits per heavy atom. The van der Waals surface area contributed by atoms with Gasteiger partial charge in [0, 0.05) is 10.5 Å². The highest BCUT2D eigenvalue weighted by molar-refractivity contribution is 9.10. The van der Waals surface area contributed by atoms with Crippen molar-refractivity contribution in [3.05, 3.63) is 58.1 Å². The SMILES string of the molecule is CC(Nc1cc(Br)ccc1C#N)c1ccc(O)cc1. The van der Waals surface area contributed by atoms with Crippen LogP contribution in [0.5, 0.6) is 5.75 Å². The number of hydrogen-bond acceptors (Lipinski definition) is 3. The molecular formula is C15H13BrN2O. The van der Waals surface area contributed by atoms with Crippen molar-refractivity contribution in [2.24, 2.45) is 0 Å².